The molecule has 1 saturated heterocycles. The van der Waals surface area contributed by atoms with Crippen LogP contribution in [-0.4, -0.2) is 47.7 Å². The highest BCUT2D eigenvalue weighted by Crippen LogP contribution is 2.33. The van der Waals surface area contributed by atoms with E-state index in [1.165, 1.54) is 0 Å². The number of carbonyl (C=O) groups excluding carboxylic acids is 1. The molecule has 0 aliphatic carbocycles. The first-order chi connectivity index (χ1) is 16.7. The maximum Gasteiger partial charge on any atom is 0.256 e. The summed E-state index contributed by atoms with van der Waals surface area (Å²) in [4.78, 5) is 18.3. The number of ether oxygens (including phenoxy) is 1. The van der Waals surface area contributed by atoms with Crippen LogP contribution in [0.5, 0.6) is 5.75 Å². The van der Waals surface area contributed by atoms with Crippen molar-refractivity contribution in [3.05, 3.63) is 70.9 Å². The Bertz CT molecular complexity index is 1550. The lowest BCUT2D eigenvalue weighted by atomic mass is 10.0. The number of nitrogens with zero attached hydrogens (tertiary/aromatic N) is 3. The molecule has 2 aromatic heterocycles. The first kappa shape index (κ1) is 23.3. The topological polar surface area (TPSA) is 103 Å². The molecule has 1 unspecified atom stereocenters. The molecule has 2 aromatic carbocycles. The van der Waals surface area contributed by atoms with E-state index in [0.717, 1.165) is 5.56 Å². The van der Waals surface area contributed by atoms with Crippen LogP contribution in [0.1, 0.15) is 28.5 Å². The number of aryl methyl sites for hydroxylation is 1. The van der Waals surface area contributed by atoms with Crippen molar-refractivity contribution in [3.8, 4) is 17.0 Å². The number of fused-ring (bicyclic) bond motifs is 1. The molecule has 0 spiro atoms. The van der Waals surface area contributed by atoms with Gasteiger partial charge in [-0.25, -0.2) is 18.1 Å². The summed E-state index contributed by atoms with van der Waals surface area (Å²) in [7, 11) is -1.56. The van der Waals surface area contributed by atoms with Crippen LogP contribution >= 0.6 is 11.6 Å². The number of anilines is 1. The maximum atomic E-state index is 13.5. The number of amides is 1. The van der Waals surface area contributed by atoms with Gasteiger partial charge in [-0.2, -0.15) is 5.10 Å². The molecule has 1 aliphatic rings. The third-order valence-electron chi connectivity index (χ3n) is 6.10. The molecule has 1 atom stereocenters. The van der Waals surface area contributed by atoms with Gasteiger partial charge in [0.25, 0.3) is 5.91 Å². The van der Waals surface area contributed by atoms with Crippen LogP contribution in [0.3, 0.4) is 0 Å². The van der Waals surface area contributed by atoms with Crippen molar-refractivity contribution >= 4 is 44.1 Å². The third kappa shape index (κ3) is 4.61. The molecule has 0 saturated carbocycles. The molecule has 0 radical (unpaired) electrons. The van der Waals surface area contributed by atoms with Gasteiger partial charge in [0, 0.05) is 16.3 Å². The quantitative estimate of drug-likeness (QED) is 0.418. The minimum Gasteiger partial charge on any atom is -0.497 e. The summed E-state index contributed by atoms with van der Waals surface area (Å²) in [6, 6.07) is 15.6. The number of nitrogens with one attached hydrogen (secondary N) is 1. The third-order valence-corrected chi connectivity index (χ3v) is 8.11. The molecular formula is C25H23ClN4O4S. The smallest absolute Gasteiger partial charge is 0.256 e. The fraction of sp³-hybridized carbons (Fsp3) is 0.240. The van der Waals surface area contributed by atoms with Crippen LogP contribution in [0.4, 0.5) is 5.69 Å². The molecule has 1 amide bonds. The van der Waals surface area contributed by atoms with E-state index in [1.807, 2.05) is 24.3 Å². The summed E-state index contributed by atoms with van der Waals surface area (Å²) < 4.78 is 31.4. The second-order valence-electron chi connectivity index (χ2n) is 8.53. The normalized spacial score (nSPS) is 16.9. The van der Waals surface area contributed by atoms with E-state index < -0.39 is 9.84 Å². The van der Waals surface area contributed by atoms with E-state index in [9.17, 15) is 13.2 Å². The predicted octanol–water partition coefficient (Wildman–Crippen LogP) is 4.68. The Labute approximate surface area is 207 Å². The van der Waals surface area contributed by atoms with E-state index >= 15 is 0 Å². The SMILES string of the molecule is COc1cccc(-c2cc(C(=O)Nc3ccc(Cl)cc3)c3c(C)nn(C4CCS(=O)(=O)C4)c3n2)c1. The van der Waals surface area contributed by atoms with Gasteiger partial charge in [-0.15, -0.1) is 0 Å². The Morgan fingerprint density at radius 2 is 1.94 bits per heavy atom. The van der Waals surface area contributed by atoms with Crippen LogP contribution in [0.2, 0.25) is 5.02 Å². The van der Waals surface area contributed by atoms with Crippen LogP contribution in [0.15, 0.2) is 54.6 Å². The standard InChI is InChI=1S/C25H23ClN4O4S/c1-15-23-21(25(31)27-18-8-6-17(26)7-9-18)13-22(16-4-3-5-20(12-16)34-2)28-24(23)30(29-15)19-10-11-35(32,33)14-19/h3-9,12-13,19H,10-11,14H2,1-2H3,(H,27,31). The summed E-state index contributed by atoms with van der Waals surface area (Å²) in [6.07, 6.45) is 0.454. The molecule has 8 nitrogen and oxygen atoms in total. The fourth-order valence-electron chi connectivity index (χ4n) is 4.38. The van der Waals surface area contributed by atoms with Crippen LogP contribution in [-0.2, 0) is 9.84 Å². The number of carbonyl (C=O) groups is 1. The monoisotopic (exact) mass is 510 g/mol. The molecular weight excluding hydrogens is 488 g/mol. The van der Waals surface area contributed by atoms with Gasteiger partial charge < -0.3 is 10.1 Å². The summed E-state index contributed by atoms with van der Waals surface area (Å²) in [5.74, 6) is 0.437. The molecule has 1 N–H and O–H groups in total. The zero-order valence-electron chi connectivity index (χ0n) is 19.2. The van der Waals surface area contributed by atoms with Crippen molar-refractivity contribution in [1.82, 2.24) is 14.8 Å². The van der Waals surface area contributed by atoms with Gasteiger partial charge in [0.2, 0.25) is 0 Å². The molecule has 3 heterocycles. The average molecular weight is 511 g/mol. The number of hydrogen-bond donors (Lipinski definition) is 1. The molecule has 5 rings (SSSR count). The predicted molar refractivity (Wildman–Crippen MR) is 136 cm³/mol. The number of hydrogen-bond acceptors (Lipinski definition) is 6. The van der Waals surface area contributed by atoms with Crippen molar-refractivity contribution in [1.29, 1.82) is 0 Å². The lowest BCUT2D eigenvalue weighted by Gasteiger charge is -2.13. The van der Waals surface area contributed by atoms with Gasteiger partial charge in [0.1, 0.15) is 5.75 Å². The fourth-order valence-corrected chi connectivity index (χ4v) is 6.19. The van der Waals surface area contributed by atoms with E-state index in [1.54, 1.807) is 49.0 Å². The minimum atomic E-state index is -3.14. The van der Waals surface area contributed by atoms with Crippen molar-refractivity contribution in [2.24, 2.45) is 0 Å². The Kier molecular flexibility index (Phi) is 5.98. The Hall–Kier alpha value is -3.43. The number of methoxy groups -OCH3 is 1. The van der Waals surface area contributed by atoms with E-state index in [4.69, 9.17) is 21.3 Å². The first-order valence-corrected chi connectivity index (χ1v) is 13.3. The van der Waals surface area contributed by atoms with Gasteiger partial charge in [-0.3, -0.25) is 4.79 Å². The van der Waals surface area contributed by atoms with Crippen molar-refractivity contribution in [2.75, 3.05) is 23.9 Å². The number of benzene rings is 2. The summed E-state index contributed by atoms with van der Waals surface area (Å²) in [5.41, 5.74) is 3.39. The highest BCUT2D eigenvalue weighted by atomic mass is 35.5. The summed E-state index contributed by atoms with van der Waals surface area (Å²) in [5, 5.41) is 8.71. The average Bonchev–Trinajstić information content (AvgIpc) is 3.38. The maximum absolute atomic E-state index is 13.5. The largest absolute Gasteiger partial charge is 0.497 e. The van der Waals surface area contributed by atoms with Gasteiger partial charge in [-0.1, -0.05) is 23.7 Å². The van der Waals surface area contributed by atoms with Crippen molar-refractivity contribution in [2.45, 2.75) is 19.4 Å². The van der Waals surface area contributed by atoms with Gasteiger partial charge >= 0.3 is 0 Å². The number of rotatable bonds is 5. The lowest BCUT2D eigenvalue weighted by molar-refractivity contribution is 0.102. The van der Waals surface area contributed by atoms with Gasteiger partial charge in [0.15, 0.2) is 15.5 Å². The Morgan fingerprint density at radius 1 is 1.17 bits per heavy atom. The molecule has 4 aromatic rings. The highest BCUT2D eigenvalue weighted by Gasteiger charge is 2.32. The van der Waals surface area contributed by atoms with E-state index in [2.05, 4.69) is 10.4 Å². The molecule has 180 valence electrons. The zero-order valence-corrected chi connectivity index (χ0v) is 20.7. The molecule has 10 heteroatoms. The lowest BCUT2D eigenvalue weighted by Crippen LogP contribution is -2.15. The number of pyridine rings is 1. The molecule has 1 fully saturated rings. The number of halogens is 1. The number of sulfone groups is 1. The van der Waals surface area contributed by atoms with Gasteiger partial charge in [-0.05, 0) is 55.8 Å². The van der Waals surface area contributed by atoms with Crippen LogP contribution < -0.4 is 10.1 Å². The minimum absolute atomic E-state index is 0.000587. The second-order valence-corrected chi connectivity index (χ2v) is 11.2. The zero-order chi connectivity index (χ0) is 24.7. The Balaban J connectivity index is 1.68. The van der Waals surface area contributed by atoms with Crippen LogP contribution in [0, 0.1) is 6.92 Å². The van der Waals surface area contributed by atoms with E-state index in [0.29, 0.717) is 50.9 Å². The van der Waals surface area contributed by atoms with Crippen molar-refractivity contribution in [3.63, 3.8) is 0 Å². The van der Waals surface area contributed by atoms with Crippen LogP contribution in [0.25, 0.3) is 22.3 Å². The molecule has 35 heavy (non-hydrogen) atoms. The second kappa shape index (κ2) is 8.98. The highest BCUT2D eigenvalue weighted by molar-refractivity contribution is 7.91. The summed E-state index contributed by atoms with van der Waals surface area (Å²) in [6.45, 7) is 1.80. The van der Waals surface area contributed by atoms with E-state index in [-0.39, 0.29) is 23.5 Å². The number of aromatic nitrogens is 3. The molecule has 0 bridgehead atoms. The van der Waals surface area contributed by atoms with Crippen molar-refractivity contribution < 1.29 is 17.9 Å². The molecule has 1 aliphatic heterocycles. The van der Waals surface area contributed by atoms with Gasteiger partial charge in [0.05, 0.1) is 47.0 Å². The Morgan fingerprint density at radius 3 is 2.63 bits per heavy atom. The first-order valence-electron chi connectivity index (χ1n) is 11.1. The summed E-state index contributed by atoms with van der Waals surface area (Å²) >= 11 is 5.98.